The average Bonchev–Trinajstić information content (AvgIpc) is 2.14. The van der Waals surface area contributed by atoms with E-state index in [0.717, 1.165) is 0 Å². The van der Waals surface area contributed by atoms with E-state index in [1.807, 2.05) is 0 Å². The van der Waals surface area contributed by atoms with Gasteiger partial charge in [-0.05, 0) is 55.7 Å². The largest absolute Gasteiger partial charge is 0.0890 e. The second-order valence-corrected chi connectivity index (χ2v) is 7.11. The van der Waals surface area contributed by atoms with Crippen LogP contribution in [0.4, 0.5) is 0 Å². The van der Waals surface area contributed by atoms with E-state index >= 15 is 0 Å². The highest BCUT2D eigenvalue weighted by Crippen LogP contribution is 2.28. The van der Waals surface area contributed by atoms with Gasteiger partial charge in [0.2, 0.25) is 0 Å². The molecule has 0 fully saturated rings. The van der Waals surface area contributed by atoms with E-state index in [4.69, 9.17) is 0 Å². The van der Waals surface area contributed by atoms with Gasteiger partial charge in [0.1, 0.15) is 0 Å². The third kappa shape index (κ3) is 3.84. The van der Waals surface area contributed by atoms with Gasteiger partial charge in [-0.25, -0.2) is 0 Å². The second-order valence-electron chi connectivity index (χ2n) is 5.67. The fraction of sp³-hybridized carbons (Fsp3) is 0.625. The molecular formula is C16H25Br. The molecule has 0 radical (unpaired) electrons. The van der Waals surface area contributed by atoms with E-state index in [1.54, 1.807) is 5.56 Å². The average molecular weight is 297 g/mol. The summed E-state index contributed by atoms with van der Waals surface area (Å²) in [5.74, 6) is 1.42. The number of alkyl halides is 1. The van der Waals surface area contributed by atoms with Crippen molar-refractivity contribution in [2.45, 2.75) is 52.8 Å². The van der Waals surface area contributed by atoms with Crippen molar-refractivity contribution in [1.29, 1.82) is 0 Å². The minimum Gasteiger partial charge on any atom is -0.0890 e. The van der Waals surface area contributed by atoms with Gasteiger partial charge in [-0.15, -0.1) is 0 Å². The van der Waals surface area contributed by atoms with Gasteiger partial charge in [0, 0.05) is 4.83 Å². The van der Waals surface area contributed by atoms with E-state index in [9.17, 15) is 0 Å². The first-order valence-corrected chi connectivity index (χ1v) is 7.45. The van der Waals surface area contributed by atoms with Crippen LogP contribution in [0.25, 0.3) is 0 Å². The van der Waals surface area contributed by atoms with Gasteiger partial charge < -0.3 is 0 Å². The standard InChI is InChI=1S/C16H25Br/c1-10(2)15(14(6)17)9-16-12(4)7-11(3)8-13(16)5/h7-8,10,14-15H,9H2,1-6H3. The molecule has 0 spiro atoms. The van der Waals surface area contributed by atoms with Gasteiger partial charge in [-0.2, -0.15) is 0 Å². The molecule has 0 bridgehead atoms. The third-order valence-electron chi connectivity index (χ3n) is 3.73. The zero-order valence-corrected chi connectivity index (χ0v) is 13.6. The molecule has 96 valence electrons. The molecule has 0 heterocycles. The number of aryl methyl sites for hydroxylation is 3. The van der Waals surface area contributed by atoms with Crippen molar-refractivity contribution in [1.82, 2.24) is 0 Å². The van der Waals surface area contributed by atoms with Crippen molar-refractivity contribution in [2.75, 3.05) is 0 Å². The molecule has 1 aromatic carbocycles. The summed E-state index contributed by atoms with van der Waals surface area (Å²) in [5.41, 5.74) is 5.81. The molecule has 0 amide bonds. The number of benzene rings is 1. The van der Waals surface area contributed by atoms with Gasteiger partial charge >= 0.3 is 0 Å². The van der Waals surface area contributed by atoms with Crippen LogP contribution in [0.5, 0.6) is 0 Å². The van der Waals surface area contributed by atoms with Gasteiger partial charge in [-0.1, -0.05) is 54.4 Å². The maximum Gasteiger partial charge on any atom is 0.0151 e. The highest BCUT2D eigenvalue weighted by atomic mass is 79.9. The molecule has 0 aliphatic carbocycles. The maximum absolute atomic E-state index is 3.76. The zero-order valence-electron chi connectivity index (χ0n) is 12.0. The fourth-order valence-electron chi connectivity index (χ4n) is 2.70. The molecule has 0 nitrogen and oxygen atoms in total. The highest BCUT2D eigenvalue weighted by molar-refractivity contribution is 9.09. The van der Waals surface area contributed by atoms with E-state index in [1.165, 1.54) is 23.1 Å². The normalized spacial score (nSPS) is 15.1. The van der Waals surface area contributed by atoms with Gasteiger partial charge in [0.25, 0.3) is 0 Å². The highest BCUT2D eigenvalue weighted by Gasteiger charge is 2.20. The summed E-state index contributed by atoms with van der Waals surface area (Å²) in [6, 6.07) is 4.61. The Labute approximate surface area is 115 Å². The summed E-state index contributed by atoms with van der Waals surface area (Å²) in [6.07, 6.45) is 1.18. The Balaban J connectivity index is 3.01. The molecular weight excluding hydrogens is 272 g/mol. The lowest BCUT2D eigenvalue weighted by Gasteiger charge is -2.25. The molecule has 2 atom stereocenters. The van der Waals surface area contributed by atoms with Crippen LogP contribution in [0.2, 0.25) is 0 Å². The second kappa shape index (κ2) is 6.04. The van der Waals surface area contributed by atoms with Crippen molar-refractivity contribution in [3.63, 3.8) is 0 Å². The van der Waals surface area contributed by atoms with Crippen LogP contribution in [0.1, 0.15) is 43.0 Å². The summed E-state index contributed by atoms with van der Waals surface area (Å²) in [5, 5.41) is 0. The topological polar surface area (TPSA) is 0 Å². The quantitative estimate of drug-likeness (QED) is 0.669. The smallest absolute Gasteiger partial charge is 0.0151 e. The molecule has 2 unspecified atom stereocenters. The molecule has 1 rings (SSSR count). The third-order valence-corrected chi connectivity index (χ3v) is 4.41. The predicted molar refractivity (Wildman–Crippen MR) is 81.1 cm³/mol. The molecule has 17 heavy (non-hydrogen) atoms. The summed E-state index contributed by atoms with van der Waals surface area (Å²) < 4.78 is 0. The van der Waals surface area contributed by atoms with Crippen molar-refractivity contribution in [2.24, 2.45) is 11.8 Å². The van der Waals surface area contributed by atoms with E-state index in [0.29, 0.717) is 16.7 Å². The fourth-order valence-corrected chi connectivity index (χ4v) is 3.49. The van der Waals surface area contributed by atoms with E-state index in [-0.39, 0.29) is 0 Å². The first kappa shape index (κ1) is 14.8. The summed E-state index contributed by atoms with van der Waals surface area (Å²) in [4.78, 5) is 0.572. The zero-order chi connectivity index (χ0) is 13.2. The van der Waals surface area contributed by atoms with Gasteiger partial charge in [0.05, 0.1) is 0 Å². The minimum atomic E-state index is 0.572. The minimum absolute atomic E-state index is 0.572. The Hall–Kier alpha value is -0.300. The Kier molecular flexibility index (Phi) is 5.24. The molecule has 1 heteroatoms. The Morgan fingerprint density at radius 1 is 1.00 bits per heavy atom. The van der Waals surface area contributed by atoms with Gasteiger partial charge in [-0.3, -0.25) is 0 Å². The Bertz CT molecular complexity index is 346. The van der Waals surface area contributed by atoms with Crippen LogP contribution in [0.15, 0.2) is 12.1 Å². The monoisotopic (exact) mass is 296 g/mol. The first-order chi connectivity index (χ1) is 7.82. The maximum atomic E-state index is 3.76. The van der Waals surface area contributed by atoms with Crippen LogP contribution in [-0.2, 0) is 6.42 Å². The van der Waals surface area contributed by atoms with Crippen molar-refractivity contribution >= 4 is 15.9 Å². The van der Waals surface area contributed by atoms with Crippen molar-refractivity contribution in [3.8, 4) is 0 Å². The summed E-state index contributed by atoms with van der Waals surface area (Å²) >= 11 is 3.76. The number of hydrogen-bond acceptors (Lipinski definition) is 0. The van der Waals surface area contributed by atoms with Crippen LogP contribution in [0.3, 0.4) is 0 Å². The molecule has 0 aliphatic heterocycles. The predicted octanol–water partition coefficient (Wildman–Crippen LogP) is 5.21. The van der Waals surface area contributed by atoms with Crippen LogP contribution >= 0.6 is 15.9 Å². The van der Waals surface area contributed by atoms with E-state index in [2.05, 4.69) is 69.6 Å². The number of rotatable bonds is 4. The molecule has 0 N–H and O–H groups in total. The molecule has 0 aliphatic rings. The molecule has 0 aromatic heterocycles. The van der Waals surface area contributed by atoms with Crippen LogP contribution in [-0.4, -0.2) is 4.83 Å². The summed E-state index contributed by atoms with van der Waals surface area (Å²) in [7, 11) is 0. The molecule has 1 aromatic rings. The van der Waals surface area contributed by atoms with Crippen LogP contribution in [0, 0.1) is 32.6 Å². The number of halogens is 1. The lowest BCUT2D eigenvalue weighted by molar-refractivity contribution is 0.382. The van der Waals surface area contributed by atoms with Gasteiger partial charge in [0.15, 0.2) is 0 Å². The SMILES string of the molecule is Cc1cc(C)c(CC(C(C)C)C(C)Br)c(C)c1. The van der Waals surface area contributed by atoms with E-state index < -0.39 is 0 Å². The lowest BCUT2D eigenvalue weighted by Crippen LogP contribution is -2.21. The van der Waals surface area contributed by atoms with Crippen molar-refractivity contribution < 1.29 is 0 Å². The number of hydrogen-bond donors (Lipinski definition) is 0. The first-order valence-electron chi connectivity index (χ1n) is 6.53. The van der Waals surface area contributed by atoms with Crippen LogP contribution < -0.4 is 0 Å². The molecule has 0 saturated carbocycles. The molecule has 0 saturated heterocycles. The lowest BCUT2D eigenvalue weighted by atomic mass is 9.84. The summed E-state index contributed by atoms with van der Waals surface area (Å²) in [6.45, 7) is 13.6. The Morgan fingerprint density at radius 3 is 1.82 bits per heavy atom. The Morgan fingerprint density at radius 2 is 1.47 bits per heavy atom. The van der Waals surface area contributed by atoms with Crippen molar-refractivity contribution in [3.05, 3.63) is 34.4 Å².